The molecule has 134 valence electrons. The lowest BCUT2D eigenvalue weighted by Crippen LogP contribution is -2.16. The lowest BCUT2D eigenvalue weighted by molar-refractivity contribution is 0.0526. The Balaban J connectivity index is 2.18. The van der Waals surface area contributed by atoms with Gasteiger partial charge in [-0.15, -0.1) is 0 Å². The summed E-state index contributed by atoms with van der Waals surface area (Å²) in [4.78, 5) is 11.7. The molecule has 0 amide bonds. The van der Waals surface area contributed by atoms with E-state index in [-0.39, 0.29) is 17.4 Å². The maximum absolute atomic E-state index is 12.4. The molecule has 0 heterocycles. The van der Waals surface area contributed by atoms with Crippen LogP contribution in [0.25, 0.3) is 0 Å². The molecule has 5 nitrogen and oxygen atoms in total. The second-order valence-electron chi connectivity index (χ2n) is 5.35. The molecule has 25 heavy (non-hydrogen) atoms. The number of hydrogen-bond donors (Lipinski definition) is 1. The van der Waals surface area contributed by atoms with Gasteiger partial charge in [-0.2, -0.15) is 0 Å². The monoisotopic (exact) mass is 401 g/mol. The minimum Gasteiger partial charge on any atom is -0.462 e. The van der Waals surface area contributed by atoms with Crippen LogP contribution in [0.2, 0.25) is 10.0 Å². The number of sulfonamides is 1. The topological polar surface area (TPSA) is 72.5 Å². The molecule has 0 atom stereocenters. The van der Waals surface area contributed by atoms with E-state index < -0.39 is 16.0 Å². The molecule has 0 spiro atoms. The number of halogens is 2. The first kappa shape index (κ1) is 19.6. The molecule has 0 aliphatic heterocycles. The van der Waals surface area contributed by atoms with Crippen LogP contribution in [0, 0.1) is 6.92 Å². The number of hydrogen-bond acceptors (Lipinski definition) is 4. The standard InChI is InChI=1S/C17H17Cl2NO4S/c1-3-24-17(21)12-5-7-16(11(2)8-12)20-25(22,23)10-13-4-6-14(18)9-15(13)19/h4-9,20H,3,10H2,1-2H3. The molecule has 0 aliphatic carbocycles. The molecule has 0 aliphatic rings. The first-order valence-electron chi connectivity index (χ1n) is 7.44. The van der Waals surface area contributed by atoms with Gasteiger partial charge in [-0.05, 0) is 55.3 Å². The van der Waals surface area contributed by atoms with Gasteiger partial charge < -0.3 is 4.74 Å². The van der Waals surface area contributed by atoms with E-state index in [1.807, 2.05) is 0 Å². The summed E-state index contributed by atoms with van der Waals surface area (Å²) in [6.07, 6.45) is 0. The van der Waals surface area contributed by atoms with E-state index in [9.17, 15) is 13.2 Å². The van der Waals surface area contributed by atoms with Crippen LogP contribution < -0.4 is 4.72 Å². The van der Waals surface area contributed by atoms with Gasteiger partial charge in [0, 0.05) is 10.0 Å². The number of anilines is 1. The minimum absolute atomic E-state index is 0.272. The van der Waals surface area contributed by atoms with Crippen molar-refractivity contribution in [2.24, 2.45) is 0 Å². The zero-order valence-corrected chi connectivity index (χ0v) is 16.0. The van der Waals surface area contributed by atoms with E-state index >= 15 is 0 Å². The molecule has 0 saturated carbocycles. The van der Waals surface area contributed by atoms with Gasteiger partial charge in [0.05, 0.1) is 23.6 Å². The van der Waals surface area contributed by atoms with Crippen molar-refractivity contribution in [3.63, 3.8) is 0 Å². The second-order valence-corrected chi connectivity index (χ2v) is 7.91. The molecule has 2 aromatic carbocycles. The van der Waals surface area contributed by atoms with Gasteiger partial charge in [0.25, 0.3) is 0 Å². The number of rotatable bonds is 6. The number of aryl methyl sites for hydroxylation is 1. The fraction of sp³-hybridized carbons (Fsp3) is 0.235. The molecule has 0 aromatic heterocycles. The zero-order valence-electron chi connectivity index (χ0n) is 13.7. The zero-order chi connectivity index (χ0) is 18.6. The molecule has 8 heteroatoms. The molecular formula is C17H17Cl2NO4S. The van der Waals surface area contributed by atoms with E-state index in [1.165, 1.54) is 18.2 Å². The third-order valence-electron chi connectivity index (χ3n) is 3.36. The number of ether oxygens (including phenoxy) is 1. The Bertz CT molecular complexity index is 898. The van der Waals surface area contributed by atoms with Crippen LogP contribution >= 0.6 is 23.2 Å². The first-order chi connectivity index (χ1) is 11.7. The van der Waals surface area contributed by atoms with Gasteiger partial charge in [0.15, 0.2) is 0 Å². The Morgan fingerprint density at radius 3 is 2.48 bits per heavy atom. The highest BCUT2D eigenvalue weighted by Crippen LogP contribution is 2.24. The smallest absolute Gasteiger partial charge is 0.338 e. The molecule has 1 N–H and O–H groups in total. The number of nitrogens with one attached hydrogen (secondary N) is 1. The van der Waals surface area contributed by atoms with Gasteiger partial charge in [-0.1, -0.05) is 29.3 Å². The fourth-order valence-electron chi connectivity index (χ4n) is 2.17. The summed E-state index contributed by atoms with van der Waals surface area (Å²) in [5.74, 6) is -0.741. The van der Waals surface area contributed by atoms with E-state index in [1.54, 1.807) is 32.0 Å². The van der Waals surface area contributed by atoms with Crippen LogP contribution in [-0.4, -0.2) is 21.0 Å². The molecule has 0 saturated heterocycles. The summed E-state index contributed by atoms with van der Waals surface area (Å²) in [5, 5.41) is 0.719. The van der Waals surface area contributed by atoms with Crippen molar-refractivity contribution in [3.8, 4) is 0 Å². The highest BCUT2D eigenvalue weighted by molar-refractivity contribution is 7.91. The average Bonchev–Trinajstić information content (AvgIpc) is 2.52. The predicted octanol–water partition coefficient (Wildman–Crippen LogP) is 4.42. The van der Waals surface area contributed by atoms with Crippen molar-refractivity contribution in [2.45, 2.75) is 19.6 Å². The van der Waals surface area contributed by atoms with Crippen molar-refractivity contribution in [3.05, 3.63) is 63.1 Å². The lowest BCUT2D eigenvalue weighted by Gasteiger charge is -2.12. The van der Waals surface area contributed by atoms with Gasteiger partial charge in [0.2, 0.25) is 10.0 Å². The van der Waals surface area contributed by atoms with Gasteiger partial charge >= 0.3 is 5.97 Å². The van der Waals surface area contributed by atoms with Crippen LogP contribution in [-0.2, 0) is 20.5 Å². The molecule has 0 unspecified atom stereocenters. The minimum atomic E-state index is -3.68. The second kappa shape index (κ2) is 8.08. The highest BCUT2D eigenvalue weighted by Gasteiger charge is 2.16. The summed E-state index contributed by atoms with van der Waals surface area (Å²) in [6, 6.07) is 9.26. The summed E-state index contributed by atoms with van der Waals surface area (Å²) in [6.45, 7) is 3.69. The summed E-state index contributed by atoms with van der Waals surface area (Å²) in [7, 11) is -3.68. The van der Waals surface area contributed by atoms with Gasteiger partial charge in [-0.25, -0.2) is 13.2 Å². The third kappa shape index (κ3) is 5.36. The molecular weight excluding hydrogens is 385 g/mol. The van der Waals surface area contributed by atoms with E-state index in [0.29, 0.717) is 27.4 Å². The quantitative estimate of drug-likeness (QED) is 0.726. The Morgan fingerprint density at radius 1 is 1.16 bits per heavy atom. The van der Waals surface area contributed by atoms with Crippen LogP contribution in [0.15, 0.2) is 36.4 Å². The van der Waals surface area contributed by atoms with Crippen LogP contribution in [0.5, 0.6) is 0 Å². The summed E-state index contributed by atoms with van der Waals surface area (Å²) < 4.78 is 32.2. The Labute approximate surface area is 157 Å². The predicted molar refractivity (Wildman–Crippen MR) is 99.8 cm³/mol. The fourth-order valence-corrected chi connectivity index (χ4v) is 4.02. The van der Waals surface area contributed by atoms with Gasteiger partial charge in [0.1, 0.15) is 0 Å². The highest BCUT2D eigenvalue weighted by atomic mass is 35.5. The number of esters is 1. The largest absolute Gasteiger partial charge is 0.462 e. The van der Waals surface area contributed by atoms with E-state index in [0.717, 1.165) is 0 Å². The van der Waals surface area contributed by atoms with Crippen molar-refractivity contribution in [2.75, 3.05) is 11.3 Å². The van der Waals surface area contributed by atoms with Crippen LogP contribution in [0.3, 0.4) is 0 Å². The van der Waals surface area contributed by atoms with Crippen LogP contribution in [0.1, 0.15) is 28.4 Å². The number of benzene rings is 2. The van der Waals surface area contributed by atoms with Crippen LogP contribution in [0.4, 0.5) is 5.69 Å². The Hall–Kier alpha value is -1.76. The summed E-state index contributed by atoms with van der Waals surface area (Å²) >= 11 is 11.8. The third-order valence-corrected chi connectivity index (χ3v) is 5.17. The first-order valence-corrected chi connectivity index (χ1v) is 9.85. The van der Waals surface area contributed by atoms with Crippen molar-refractivity contribution in [1.82, 2.24) is 0 Å². The van der Waals surface area contributed by atoms with E-state index in [2.05, 4.69) is 4.72 Å². The van der Waals surface area contributed by atoms with E-state index in [4.69, 9.17) is 27.9 Å². The molecule has 2 rings (SSSR count). The Morgan fingerprint density at radius 2 is 1.88 bits per heavy atom. The molecule has 2 aromatic rings. The lowest BCUT2D eigenvalue weighted by atomic mass is 10.1. The summed E-state index contributed by atoms with van der Waals surface area (Å²) in [5.41, 5.74) is 1.80. The van der Waals surface area contributed by atoms with Gasteiger partial charge in [-0.3, -0.25) is 4.72 Å². The molecule has 0 fully saturated rings. The van der Waals surface area contributed by atoms with Crippen molar-refractivity contribution in [1.29, 1.82) is 0 Å². The number of carbonyl (C=O) groups is 1. The Kier molecular flexibility index (Phi) is 6.32. The normalized spacial score (nSPS) is 11.2. The SMILES string of the molecule is CCOC(=O)c1ccc(NS(=O)(=O)Cc2ccc(Cl)cc2Cl)c(C)c1. The maximum Gasteiger partial charge on any atom is 0.338 e. The van der Waals surface area contributed by atoms with Crippen molar-refractivity contribution < 1.29 is 17.9 Å². The molecule has 0 bridgehead atoms. The number of carbonyl (C=O) groups excluding carboxylic acids is 1. The maximum atomic E-state index is 12.4. The average molecular weight is 402 g/mol. The molecule has 0 radical (unpaired) electrons. The van der Waals surface area contributed by atoms with Crippen molar-refractivity contribution >= 4 is 44.9 Å².